The minimum Gasteiger partial charge on any atom is -0.496 e. The van der Waals surface area contributed by atoms with Crippen LogP contribution >= 0.6 is 11.6 Å². The number of carboxylic acids is 1. The first-order valence-electron chi connectivity index (χ1n) is 10.4. The lowest BCUT2D eigenvalue weighted by Gasteiger charge is -2.21. The van der Waals surface area contributed by atoms with Gasteiger partial charge < -0.3 is 19.9 Å². The van der Waals surface area contributed by atoms with Crippen LogP contribution in [-0.2, 0) is 4.79 Å². The Morgan fingerprint density at radius 1 is 0.941 bits per heavy atom. The van der Waals surface area contributed by atoms with Crippen molar-refractivity contribution in [2.24, 2.45) is 0 Å². The van der Waals surface area contributed by atoms with Crippen LogP contribution in [0.25, 0.3) is 11.1 Å². The number of ketones is 1. The van der Waals surface area contributed by atoms with Crippen LogP contribution in [0.15, 0.2) is 66.7 Å². The molecule has 0 aliphatic carbocycles. The molecule has 0 fully saturated rings. The van der Waals surface area contributed by atoms with Crippen molar-refractivity contribution in [2.45, 2.75) is 19.4 Å². The van der Waals surface area contributed by atoms with Gasteiger partial charge in [-0.15, -0.1) is 0 Å². The molecule has 0 aliphatic heterocycles. The third-order valence-corrected chi connectivity index (χ3v) is 5.33. The number of Topliss-reactive ketones (excluding diaryl/α,β-unsaturated/α-hetero) is 1. The second-order valence-electron chi connectivity index (χ2n) is 7.97. The van der Waals surface area contributed by atoms with Crippen LogP contribution in [0, 0.1) is 0 Å². The summed E-state index contributed by atoms with van der Waals surface area (Å²) in [5.41, 5.74) is 1.10. The number of ether oxygens (including phenoxy) is 2. The lowest BCUT2D eigenvalue weighted by atomic mass is 10.0. The zero-order valence-corrected chi connectivity index (χ0v) is 19.7. The second-order valence-corrected chi connectivity index (χ2v) is 8.41. The van der Waals surface area contributed by atoms with E-state index in [1.54, 1.807) is 48.5 Å². The molecule has 3 rings (SSSR count). The van der Waals surface area contributed by atoms with E-state index in [2.05, 4.69) is 5.32 Å². The van der Waals surface area contributed by atoms with Crippen LogP contribution in [0.1, 0.15) is 34.6 Å². The standard InChI is InChI=1S/C26H24ClNO6/c1-26(2,25(31)32)34-20-11-8-17(9-12-20)16-4-6-18(7-5-16)22(29)15-28-24(30)21-14-19(27)10-13-23(21)33-3/h4-14H,15H2,1-3H3,(H,28,30)(H,31,32). The van der Waals surface area contributed by atoms with Crippen LogP contribution in [0.3, 0.4) is 0 Å². The molecule has 0 radical (unpaired) electrons. The molecule has 0 bridgehead atoms. The first kappa shape index (κ1) is 24.8. The first-order valence-corrected chi connectivity index (χ1v) is 10.8. The highest BCUT2D eigenvalue weighted by molar-refractivity contribution is 6.31. The van der Waals surface area contributed by atoms with Gasteiger partial charge in [-0.1, -0.05) is 48.0 Å². The molecule has 0 heterocycles. The average molecular weight is 482 g/mol. The van der Waals surface area contributed by atoms with Crippen molar-refractivity contribution in [1.82, 2.24) is 5.32 Å². The van der Waals surface area contributed by atoms with Gasteiger partial charge in [0.15, 0.2) is 11.4 Å². The lowest BCUT2D eigenvalue weighted by molar-refractivity contribution is -0.152. The van der Waals surface area contributed by atoms with Crippen molar-refractivity contribution in [3.63, 3.8) is 0 Å². The topological polar surface area (TPSA) is 102 Å². The number of methoxy groups -OCH3 is 1. The van der Waals surface area contributed by atoms with Crippen molar-refractivity contribution < 1.29 is 29.0 Å². The zero-order valence-electron chi connectivity index (χ0n) is 18.9. The molecular formula is C26H24ClNO6. The number of hydrogen-bond donors (Lipinski definition) is 2. The highest BCUT2D eigenvalue weighted by Crippen LogP contribution is 2.26. The maximum atomic E-state index is 12.5. The summed E-state index contributed by atoms with van der Waals surface area (Å²) in [6.45, 7) is 2.78. The summed E-state index contributed by atoms with van der Waals surface area (Å²) in [6.07, 6.45) is 0. The predicted octanol–water partition coefficient (Wildman–Crippen LogP) is 4.87. The van der Waals surface area contributed by atoms with Crippen molar-refractivity contribution in [3.05, 3.63) is 82.9 Å². The maximum absolute atomic E-state index is 12.5. The van der Waals surface area contributed by atoms with Gasteiger partial charge in [0.2, 0.25) is 0 Å². The summed E-state index contributed by atoms with van der Waals surface area (Å²) in [5, 5.41) is 12.2. The van der Waals surface area contributed by atoms with Gasteiger partial charge in [0, 0.05) is 10.6 Å². The highest BCUT2D eigenvalue weighted by Gasteiger charge is 2.29. The highest BCUT2D eigenvalue weighted by atomic mass is 35.5. The van der Waals surface area contributed by atoms with Gasteiger partial charge >= 0.3 is 5.97 Å². The Bertz CT molecular complexity index is 1200. The van der Waals surface area contributed by atoms with Crippen molar-refractivity contribution in [2.75, 3.05) is 13.7 Å². The molecule has 34 heavy (non-hydrogen) atoms. The van der Waals surface area contributed by atoms with E-state index in [1.165, 1.54) is 27.0 Å². The van der Waals surface area contributed by atoms with Crippen LogP contribution in [0.4, 0.5) is 0 Å². The molecule has 0 spiro atoms. The van der Waals surface area contributed by atoms with Gasteiger partial charge in [0.05, 0.1) is 19.2 Å². The van der Waals surface area contributed by atoms with Crippen LogP contribution in [0.2, 0.25) is 5.02 Å². The summed E-state index contributed by atoms with van der Waals surface area (Å²) in [4.78, 5) is 36.2. The minimum atomic E-state index is -1.34. The number of halogens is 1. The monoisotopic (exact) mass is 481 g/mol. The lowest BCUT2D eigenvalue weighted by Crippen LogP contribution is -2.37. The first-order chi connectivity index (χ1) is 16.1. The normalized spacial score (nSPS) is 10.9. The number of nitrogens with one attached hydrogen (secondary N) is 1. The van der Waals surface area contributed by atoms with Gasteiger partial charge in [-0.2, -0.15) is 0 Å². The number of carbonyl (C=O) groups is 3. The molecule has 0 saturated heterocycles. The summed E-state index contributed by atoms with van der Waals surface area (Å²) in [5.74, 6) is -0.963. The van der Waals surface area contributed by atoms with E-state index in [-0.39, 0.29) is 17.9 Å². The third kappa shape index (κ3) is 5.94. The predicted molar refractivity (Wildman–Crippen MR) is 129 cm³/mol. The quantitative estimate of drug-likeness (QED) is 0.423. The largest absolute Gasteiger partial charge is 0.496 e. The van der Waals surface area contributed by atoms with E-state index in [1.807, 2.05) is 12.1 Å². The SMILES string of the molecule is COc1ccc(Cl)cc1C(=O)NCC(=O)c1ccc(-c2ccc(OC(C)(C)C(=O)O)cc2)cc1. The molecular weight excluding hydrogens is 458 g/mol. The number of carbonyl (C=O) groups excluding carboxylic acids is 2. The molecule has 8 heteroatoms. The Morgan fingerprint density at radius 2 is 1.53 bits per heavy atom. The number of rotatable bonds is 9. The van der Waals surface area contributed by atoms with E-state index < -0.39 is 17.5 Å². The fourth-order valence-corrected chi connectivity index (χ4v) is 3.29. The Labute approximate surface area is 202 Å². The summed E-state index contributed by atoms with van der Waals surface area (Å²) >= 11 is 5.96. The molecule has 2 N–H and O–H groups in total. The van der Waals surface area contributed by atoms with E-state index in [9.17, 15) is 19.5 Å². The van der Waals surface area contributed by atoms with Gasteiger partial charge in [-0.05, 0) is 55.3 Å². The summed E-state index contributed by atoms with van der Waals surface area (Å²) < 4.78 is 10.7. The molecule has 0 saturated carbocycles. The summed E-state index contributed by atoms with van der Waals surface area (Å²) in [6, 6.07) is 18.6. The average Bonchev–Trinajstić information content (AvgIpc) is 2.82. The fraction of sp³-hybridized carbons (Fsp3) is 0.192. The Morgan fingerprint density at radius 3 is 2.09 bits per heavy atom. The molecule has 1 amide bonds. The van der Waals surface area contributed by atoms with Crippen molar-refractivity contribution in [3.8, 4) is 22.6 Å². The molecule has 3 aromatic rings. The molecule has 3 aromatic carbocycles. The molecule has 0 aromatic heterocycles. The number of aliphatic carboxylic acids is 1. The number of carboxylic acid groups (broad SMARTS) is 1. The van der Waals surface area contributed by atoms with Crippen LogP contribution in [0.5, 0.6) is 11.5 Å². The Hall–Kier alpha value is -3.84. The zero-order chi connectivity index (χ0) is 24.9. The van der Waals surface area contributed by atoms with E-state index in [0.29, 0.717) is 22.1 Å². The number of amides is 1. The minimum absolute atomic E-state index is 0.181. The maximum Gasteiger partial charge on any atom is 0.347 e. The van der Waals surface area contributed by atoms with Gasteiger partial charge in [-0.25, -0.2) is 4.79 Å². The molecule has 0 unspecified atom stereocenters. The Balaban J connectivity index is 1.63. The van der Waals surface area contributed by atoms with Crippen molar-refractivity contribution in [1.29, 1.82) is 0 Å². The number of hydrogen-bond acceptors (Lipinski definition) is 5. The van der Waals surface area contributed by atoms with Gasteiger partial charge in [0.1, 0.15) is 11.5 Å². The van der Waals surface area contributed by atoms with E-state index >= 15 is 0 Å². The molecule has 7 nitrogen and oxygen atoms in total. The smallest absolute Gasteiger partial charge is 0.347 e. The molecule has 176 valence electrons. The van der Waals surface area contributed by atoms with Crippen LogP contribution < -0.4 is 14.8 Å². The summed E-state index contributed by atoms with van der Waals surface area (Å²) in [7, 11) is 1.45. The van der Waals surface area contributed by atoms with Gasteiger partial charge in [-0.3, -0.25) is 9.59 Å². The second kappa shape index (κ2) is 10.4. The third-order valence-electron chi connectivity index (χ3n) is 5.10. The van der Waals surface area contributed by atoms with E-state index in [0.717, 1.165) is 11.1 Å². The fourth-order valence-electron chi connectivity index (χ4n) is 3.12. The van der Waals surface area contributed by atoms with Crippen molar-refractivity contribution >= 4 is 29.3 Å². The molecule has 0 aliphatic rings. The van der Waals surface area contributed by atoms with Crippen LogP contribution in [-0.4, -0.2) is 42.0 Å². The van der Waals surface area contributed by atoms with E-state index in [4.69, 9.17) is 21.1 Å². The molecule has 0 atom stereocenters. The Kier molecular flexibility index (Phi) is 7.58. The van der Waals surface area contributed by atoms with Gasteiger partial charge in [0.25, 0.3) is 5.91 Å². The number of benzene rings is 3.